The highest BCUT2D eigenvalue weighted by atomic mass is 31.2. The molecule has 97 heavy (non-hydrogen) atoms. The van der Waals surface area contributed by atoms with Crippen LogP contribution in [0.4, 0.5) is 0 Å². The molecular weight excluding hydrogens is 1310 g/mol. The molecule has 17 unspecified atom stereocenters. The smallest absolute Gasteiger partial charge is 0.235 e. The molecule has 6 aliphatic rings. The number of hydrogen-bond acceptors (Lipinski definition) is 25. The van der Waals surface area contributed by atoms with Gasteiger partial charge in [-0.3, -0.25) is 28.8 Å². The van der Waals surface area contributed by atoms with E-state index in [1.165, 1.54) is 39.0 Å². The fraction of sp³-hybridized carbons (Fsp3) is 0.906. The fourth-order valence-electron chi connectivity index (χ4n) is 14.5. The fourth-order valence-corrected chi connectivity index (χ4v) is 16.9. The topological polar surface area (TPSA) is 450 Å². The molecule has 0 spiro atoms. The molecule has 3 aliphatic carbocycles. The lowest BCUT2D eigenvalue weighted by atomic mass is 9.79. The van der Waals surface area contributed by atoms with E-state index in [-0.39, 0.29) is 141 Å². The second-order valence-corrected chi connectivity index (χ2v) is 32.4. The lowest BCUT2D eigenvalue weighted by Crippen LogP contribution is -2.61. The highest BCUT2D eigenvalue weighted by Gasteiger charge is 2.49. The van der Waals surface area contributed by atoms with Gasteiger partial charge in [0.2, 0.25) is 51.3 Å². The first-order valence-electron chi connectivity index (χ1n) is 34.6. The number of nitrogens with one attached hydrogen (secondary N) is 3. The van der Waals surface area contributed by atoms with Gasteiger partial charge >= 0.3 is 0 Å². The molecule has 31 nitrogen and oxygen atoms in total. The van der Waals surface area contributed by atoms with Gasteiger partial charge in [0.05, 0.1) is 105 Å². The Balaban J connectivity index is 1.05. The Bertz CT molecular complexity index is 2490. The van der Waals surface area contributed by atoms with Crippen LogP contribution >= 0.6 is 15.9 Å². The third kappa shape index (κ3) is 24.8. The van der Waals surface area contributed by atoms with Crippen LogP contribution in [0.15, 0.2) is 0 Å². The number of hydrogen-bond donors (Lipinski definition) is 12. The van der Waals surface area contributed by atoms with Crippen molar-refractivity contribution in [2.45, 2.75) is 266 Å². The predicted molar refractivity (Wildman–Crippen MR) is 348 cm³/mol. The van der Waals surface area contributed by atoms with Crippen molar-refractivity contribution < 1.29 is 122 Å². The van der Waals surface area contributed by atoms with E-state index in [0.29, 0.717) is 57.8 Å². The van der Waals surface area contributed by atoms with Gasteiger partial charge in [0, 0.05) is 123 Å². The van der Waals surface area contributed by atoms with E-state index < -0.39 is 161 Å². The number of nitrogens with zero attached hydrogens (tertiary/aromatic N) is 3. The Kier molecular flexibility index (Phi) is 32.8. The number of carbonyl (C=O) groups is 6. The van der Waals surface area contributed by atoms with Crippen LogP contribution < -0.4 is 25.7 Å². The van der Waals surface area contributed by atoms with Crippen molar-refractivity contribution in [3.05, 3.63) is 0 Å². The van der Waals surface area contributed by atoms with Crippen LogP contribution in [0.2, 0.25) is 0 Å². The Morgan fingerprint density at radius 3 is 1.06 bits per heavy atom. The zero-order chi connectivity index (χ0) is 71.7. The molecule has 6 amide bonds. The Labute approximate surface area is 571 Å². The minimum atomic E-state index is -3.96. The standard InChI is InChI=1S/C64H114N6O25P2/c1-10-43-26-47(30-68(43)52(77)17-11-14-20-88-49-23-40(32-71)58(80)61(83)55(49)65-37(2)74)94-96(8,86)92-36-45-28-48(31-70(45)54(79)19-13-16-22-90-51-25-42(34-73)60(82)63(85)57(51)67-39(4)76)95-97(9,87)91-35-44-27-46(93-64(5,6)7)29-69(44)53(78)18-12-15-21-89-50-24-41(33-72)59(81)62(84)56(50)66-38(3)75/h40-51,55-63,71-73,80-85H,10-36H2,1-9H3,(H,65,74)(H,66,75)(H,67,76)/t40?,41?,42?,43-,44+,45+,46-,47-,48-,49?,50?,51?,55?,56?,57?,58?,59?,60?,61?,62?,63?,96?,97?/m1/s1. The maximum Gasteiger partial charge on any atom is 0.235 e. The molecule has 3 aliphatic heterocycles. The second-order valence-electron chi connectivity index (χ2n) is 28.4. The molecule has 0 radical (unpaired) electrons. The van der Waals surface area contributed by atoms with Gasteiger partial charge in [0.1, 0.15) is 43.7 Å². The molecular formula is C64H114N6O25P2. The van der Waals surface area contributed by atoms with Crippen LogP contribution in [0.3, 0.4) is 0 Å². The van der Waals surface area contributed by atoms with Crippen molar-refractivity contribution >= 4 is 51.3 Å². The molecule has 23 atom stereocenters. The van der Waals surface area contributed by atoms with Crippen LogP contribution in [0.5, 0.6) is 0 Å². The van der Waals surface area contributed by atoms with Gasteiger partial charge in [-0.25, -0.2) is 18.1 Å². The molecule has 0 aromatic rings. The molecule has 6 fully saturated rings. The van der Waals surface area contributed by atoms with Gasteiger partial charge < -0.3 is 105 Å². The van der Waals surface area contributed by atoms with Crippen LogP contribution in [0.1, 0.15) is 151 Å². The van der Waals surface area contributed by atoms with Gasteiger partial charge in [-0.05, 0) is 91.4 Å². The summed E-state index contributed by atoms with van der Waals surface area (Å²) in [6, 6.07) is -4.28. The molecule has 0 aromatic carbocycles. The third-order valence-corrected chi connectivity index (χ3v) is 21.9. The Hall–Kier alpha value is -3.08. The molecule has 3 saturated heterocycles. The average Bonchev–Trinajstić information content (AvgIpc) is 1.79. The number of amides is 6. The third-order valence-electron chi connectivity index (χ3n) is 19.3. The molecule has 12 N–H and O–H groups in total. The van der Waals surface area contributed by atoms with E-state index in [9.17, 15) is 84.5 Å². The van der Waals surface area contributed by atoms with E-state index in [1.807, 2.05) is 27.7 Å². The van der Waals surface area contributed by atoms with E-state index in [2.05, 4.69) is 16.0 Å². The minimum absolute atomic E-state index is 0.000836. The lowest BCUT2D eigenvalue weighted by molar-refractivity contribution is -0.223. The maximum atomic E-state index is 14.4. The summed E-state index contributed by atoms with van der Waals surface area (Å²) < 4.78 is 49.0. The number of ether oxygens (including phenoxy) is 4. The van der Waals surface area contributed by atoms with E-state index in [4.69, 9.17) is 37.0 Å². The van der Waals surface area contributed by atoms with E-state index in [1.54, 1.807) is 9.80 Å². The summed E-state index contributed by atoms with van der Waals surface area (Å²) in [6.45, 7) is 13.2. The van der Waals surface area contributed by atoms with Crippen molar-refractivity contribution in [2.75, 3.05) is 85.8 Å². The zero-order valence-electron chi connectivity index (χ0n) is 58.0. The molecule has 0 aromatic heterocycles. The SMILES string of the molecule is CC[C@@H]1C[C@@H](O[P+](C)([O-])OC[C@@H]2C[C@@H](O[P+](C)([O-])OC[C@@H]3C[C@@H](OC(C)(C)C)CN3C(=O)CCCCOC3CC(CO)C(O)C(O)C3NC(C)=O)CN2C(=O)CCCCOC2CC(CO)C(O)C(O)C2NC(C)=O)CN1C(=O)CCCCOC1CC(CO)C(O)C(O)C1NC(C)=O. The largest absolute Gasteiger partial charge is 0.632 e. The summed E-state index contributed by atoms with van der Waals surface area (Å²) in [7, 11) is -7.87. The van der Waals surface area contributed by atoms with Crippen molar-refractivity contribution in [1.29, 1.82) is 0 Å². The minimum Gasteiger partial charge on any atom is -0.632 e. The number of likely N-dealkylation sites (tertiary alicyclic amines) is 3. The Morgan fingerprint density at radius 2 is 0.763 bits per heavy atom. The molecule has 6 rings (SSSR count). The van der Waals surface area contributed by atoms with Gasteiger partial charge in [-0.2, -0.15) is 0 Å². The summed E-state index contributed by atoms with van der Waals surface area (Å²) in [5.74, 6) is -3.98. The number of unbranched alkanes of at least 4 members (excludes halogenated alkanes) is 3. The van der Waals surface area contributed by atoms with E-state index in [0.717, 1.165) is 0 Å². The van der Waals surface area contributed by atoms with Crippen LogP contribution in [-0.2, 0) is 65.8 Å². The van der Waals surface area contributed by atoms with Crippen LogP contribution in [0.25, 0.3) is 0 Å². The molecule has 0 bridgehead atoms. The van der Waals surface area contributed by atoms with Crippen LogP contribution in [-0.4, -0.2) is 297 Å². The van der Waals surface area contributed by atoms with Gasteiger partial charge in [-0.15, -0.1) is 0 Å². The summed E-state index contributed by atoms with van der Waals surface area (Å²) in [5.41, 5.74) is -0.559. The number of carbonyl (C=O) groups excluding carboxylic acids is 6. The lowest BCUT2D eigenvalue weighted by Gasteiger charge is -2.42. The normalized spacial score (nSPS) is 34.5. The van der Waals surface area contributed by atoms with Crippen molar-refractivity contribution in [1.82, 2.24) is 30.7 Å². The molecule has 3 heterocycles. The highest BCUT2D eigenvalue weighted by Crippen LogP contribution is 2.54. The number of aliphatic hydroxyl groups is 9. The monoisotopic (exact) mass is 1430 g/mol. The molecule has 3 saturated carbocycles. The van der Waals surface area contributed by atoms with Gasteiger partial charge in [0.25, 0.3) is 0 Å². The quantitative estimate of drug-likeness (QED) is 0.0240. The number of aliphatic hydroxyl groups excluding tert-OH is 9. The second kappa shape index (κ2) is 38.4. The predicted octanol–water partition coefficient (Wildman–Crippen LogP) is -1.93. The summed E-state index contributed by atoms with van der Waals surface area (Å²) in [4.78, 5) is 111. The van der Waals surface area contributed by atoms with Gasteiger partial charge in [-0.1, -0.05) is 6.92 Å². The van der Waals surface area contributed by atoms with Crippen molar-refractivity contribution in [3.8, 4) is 0 Å². The summed E-state index contributed by atoms with van der Waals surface area (Å²) >= 11 is 0. The van der Waals surface area contributed by atoms with Crippen LogP contribution in [0, 0.1) is 17.8 Å². The first-order chi connectivity index (χ1) is 45.7. The summed E-state index contributed by atoms with van der Waals surface area (Å²) in [6.07, 6.45) is -7.31. The zero-order valence-corrected chi connectivity index (χ0v) is 59.8. The summed E-state index contributed by atoms with van der Waals surface area (Å²) in [5, 5.41) is 101. The van der Waals surface area contributed by atoms with Crippen molar-refractivity contribution in [3.63, 3.8) is 0 Å². The van der Waals surface area contributed by atoms with Crippen molar-refractivity contribution in [2.24, 2.45) is 17.8 Å². The Morgan fingerprint density at radius 1 is 0.464 bits per heavy atom. The number of rotatable bonds is 36. The highest BCUT2D eigenvalue weighted by molar-refractivity contribution is 7.58. The molecule has 33 heteroatoms. The average molecular weight is 1430 g/mol. The maximum absolute atomic E-state index is 14.4. The first-order valence-corrected chi connectivity index (χ1v) is 38.6. The van der Waals surface area contributed by atoms with E-state index >= 15 is 0 Å². The van der Waals surface area contributed by atoms with Gasteiger partial charge in [0.15, 0.2) is 0 Å². The first kappa shape index (κ1) is 82.9. The molecule has 560 valence electrons.